The maximum atomic E-state index is 13.6. The monoisotopic (exact) mass is 521 g/mol. The minimum absolute atomic E-state index is 0.157. The molecule has 188 valence electrons. The Morgan fingerprint density at radius 3 is 2.43 bits per heavy atom. The normalized spacial score (nSPS) is 19.7. The zero-order valence-corrected chi connectivity index (χ0v) is 21.8. The standard InChI is InChI=1S/C22H28ClN7O4S/c1-12-6-15(7-12)21-29-28-17(30(21)18-13(2)26-11-27-22(18)34-5)10-35(31,32)14(3)19(33-4)20-24-8-16(23)9-25-20/h8-9,11-12,14-15,19H,6-7,10H2,1-5H3/t12?,14-,15?,19-/m0/s1. The number of hydrogen-bond donors (Lipinski definition) is 0. The molecule has 0 aromatic carbocycles. The molecule has 1 aliphatic rings. The van der Waals surface area contributed by atoms with Crippen LogP contribution in [0.4, 0.5) is 0 Å². The van der Waals surface area contributed by atoms with Gasteiger partial charge in [0.25, 0.3) is 0 Å². The van der Waals surface area contributed by atoms with E-state index < -0.39 is 21.2 Å². The quantitative estimate of drug-likeness (QED) is 0.413. The predicted octanol–water partition coefficient (Wildman–Crippen LogP) is 3.02. The lowest BCUT2D eigenvalue weighted by Crippen LogP contribution is -2.30. The van der Waals surface area contributed by atoms with Crippen molar-refractivity contribution in [1.82, 2.24) is 34.7 Å². The molecule has 1 aliphatic carbocycles. The molecule has 0 spiro atoms. The van der Waals surface area contributed by atoms with Gasteiger partial charge < -0.3 is 9.47 Å². The first-order chi connectivity index (χ1) is 16.7. The van der Waals surface area contributed by atoms with Gasteiger partial charge in [-0.25, -0.2) is 23.4 Å². The molecule has 2 atom stereocenters. The van der Waals surface area contributed by atoms with Gasteiger partial charge in [-0.2, -0.15) is 4.98 Å². The zero-order chi connectivity index (χ0) is 25.3. The molecule has 4 rings (SSSR count). The van der Waals surface area contributed by atoms with Crippen molar-refractivity contribution < 1.29 is 17.9 Å². The molecule has 3 aromatic rings. The summed E-state index contributed by atoms with van der Waals surface area (Å²) in [4.78, 5) is 16.8. The Hall–Kier alpha value is -2.70. The average Bonchev–Trinajstić information content (AvgIpc) is 3.19. The van der Waals surface area contributed by atoms with Gasteiger partial charge in [0, 0.05) is 25.4 Å². The van der Waals surface area contributed by atoms with E-state index in [0.29, 0.717) is 34.0 Å². The summed E-state index contributed by atoms with van der Waals surface area (Å²) in [7, 11) is -0.873. The minimum atomic E-state index is -3.80. The molecular formula is C22H28ClN7O4S. The molecule has 0 saturated heterocycles. The van der Waals surface area contributed by atoms with Gasteiger partial charge in [-0.05, 0) is 32.6 Å². The fourth-order valence-corrected chi connectivity index (χ4v) is 5.89. The largest absolute Gasteiger partial charge is 0.479 e. The summed E-state index contributed by atoms with van der Waals surface area (Å²) < 4.78 is 39.9. The first-order valence-electron chi connectivity index (χ1n) is 11.2. The molecule has 0 unspecified atom stereocenters. The number of sulfone groups is 1. The van der Waals surface area contributed by atoms with Crippen LogP contribution in [0.25, 0.3) is 5.69 Å². The Balaban J connectivity index is 1.74. The summed E-state index contributed by atoms with van der Waals surface area (Å²) in [6.07, 6.45) is 5.20. The topological polar surface area (TPSA) is 135 Å². The van der Waals surface area contributed by atoms with Crippen LogP contribution in [0.1, 0.15) is 61.9 Å². The summed E-state index contributed by atoms with van der Waals surface area (Å²) in [5, 5.41) is 8.09. The molecule has 3 heterocycles. The van der Waals surface area contributed by atoms with Gasteiger partial charge in [0.05, 0.1) is 23.1 Å². The second kappa shape index (κ2) is 10.1. The highest BCUT2D eigenvalue weighted by molar-refractivity contribution is 7.91. The van der Waals surface area contributed by atoms with E-state index in [4.69, 9.17) is 21.1 Å². The van der Waals surface area contributed by atoms with Crippen molar-refractivity contribution in [3.8, 4) is 11.6 Å². The second-order valence-corrected chi connectivity index (χ2v) is 11.6. The lowest BCUT2D eigenvalue weighted by atomic mass is 9.75. The molecule has 3 aromatic heterocycles. The molecule has 35 heavy (non-hydrogen) atoms. The zero-order valence-electron chi connectivity index (χ0n) is 20.2. The van der Waals surface area contributed by atoms with Gasteiger partial charge in [0.2, 0.25) is 5.88 Å². The van der Waals surface area contributed by atoms with Crippen LogP contribution in [0.3, 0.4) is 0 Å². The van der Waals surface area contributed by atoms with Crippen LogP contribution in [-0.4, -0.2) is 62.6 Å². The van der Waals surface area contributed by atoms with Crippen LogP contribution in [0.5, 0.6) is 5.88 Å². The summed E-state index contributed by atoms with van der Waals surface area (Å²) in [5.41, 5.74) is 1.16. The highest BCUT2D eigenvalue weighted by Crippen LogP contribution is 2.42. The third-order valence-electron chi connectivity index (χ3n) is 6.35. The Morgan fingerprint density at radius 1 is 1.14 bits per heavy atom. The van der Waals surface area contributed by atoms with Gasteiger partial charge in [-0.15, -0.1) is 10.2 Å². The molecule has 0 N–H and O–H groups in total. The van der Waals surface area contributed by atoms with E-state index in [1.807, 2.05) is 6.92 Å². The van der Waals surface area contributed by atoms with Crippen LogP contribution in [0.15, 0.2) is 18.7 Å². The van der Waals surface area contributed by atoms with Gasteiger partial charge in [0.15, 0.2) is 21.5 Å². The number of rotatable bonds is 9. The molecular weight excluding hydrogens is 494 g/mol. The molecule has 1 fully saturated rings. The molecule has 1 saturated carbocycles. The number of nitrogens with zero attached hydrogens (tertiary/aromatic N) is 7. The van der Waals surface area contributed by atoms with Crippen LogP contribution in [0, 0.1) is 12.8 Å². The van der Waals surface area contributed by atoms with E-state index in [2.05, 4.69) is 37.1 Å². The minimum Gasteiger partial charge on any atom is -0.479 e. The van der Waals surface area contributed by atoms with Gasteiger partial charge in [-0.1, -0.05) is 18.5 Å². The van der Waals surface area contributed by atoms with Gasteiger partial charge >= 0.3 is 0 Å². The highest BCUT2D eigenvalue weighted by atomic mass is 35.5. The second-order valence-electron chi connectivity index (χ2n) is 8.83. The van der Waals surface area contributed by atoms with Gasteiger partial charge in [0.1, 0.15) is 29.7 Å². The Labute approximate surface area is 209 Å². The molecule has 11 nitrogen and oxygen atoms in total. The van der Waals surface area contributed by atoms with Crippen LogP contribution < -0.4 is 4.74 Å². The van der Waals surface area contributed by atoms with Crippen LogP contribution >= 0.6 is 11.6 Å². The summed E-state index contributed by atoms with van der Waals surface area (Å²) in [5.74, 6) is 1.83. The van der Waals surface area contributed by atoms with E-state index in [9.17, 15) is 8.42 Å². The highest BCUT2D eigenvalue weighted by Gasteiger charge is 2.37. The van der Waals surface area contributed by atoms with Crippen molar-refractivity contribution in [3.05, 3.63) is 46.9 Å². The number of hydrogen-bond acceptors (Lipinski definition) is 10. The number of aryl methyl sites for hydroxylation is 1. The lowest BCUT2D eigenvalue weighted by molar-refractivity contribution is 0.0948. The van der Waals surface area contributed by atoms with Crippen LogP contribution in [0.2, 0.25) is 5.02 Å². The molecule has 0 amide bonds. The van der Waals surface area contributed by atoms with Crippen molar-refractivity contribution in [1.29, 1.82) is 0 Å². The first kappa shape index (κ1) is 25.4. The van der Waals surface area contributed by atoms with E-state index in [0.717, 1.165) is 12.8 Å². The van der Waals surface area contributed by atoms with E-state index in [1.165, 1.54) is 32.9 Å². The SMILES string of the molecule is COc1ncnc(C)c1-n1c(CS(=O)(=O)[C@@H](C)[C@H](OC)c2ncc(Cl)cn2)nnc1C1CC(C)C1. The fourth-order valence-electron chi connectivity index (χ4n) is 4.37. The van der Waals surface area contributed by atoms with Crippen molar-refractivity contribution in [2.75, 3.05) is 14.2 Å². The summed E-state index contributed by atoms with van der Waals surface area (Å²) >= 11 is 5.88. The van der Waals surface area contributed by atoms with Crippen molar-refractivity contribution in [2.24, 2.45) is 5.92 Å². The first-order valence-corrected chi connectivity index (χ1v) is 13.3. The fraction of sp³-hybridized carbons (Fsp3) is 0.545. The summed E-state index contributed by atoms with van der Waals surface area (Å²) in [6.45, 7) is 5.55. The third kappa shape index (κ3) is 5.00. The van der Waals surface area contributed by atoms with Crippen molar-refractivity contribution in [3.63, 3.8) is 0 Å². The maximum absolute atomic E-state index is 13.6. The smallest absolute Gasteiger partial charge is 0.241 e. The number of aromatic nitrogens is 7. The molecule has 0 aliphatic heterocycles. The molecule has 0 radical (unpaired) electrons. The predicted molar refractivity (Wildman–Crippen MR) is 128 cm³/mol. The third-order valence-corrected chi connectivity index (χ3v) is 8.59. The molecule has 0 bridgehead atoms. The van der Waals surface area contributed by atoms with E-state index in [1.54, 1.807) is 11.5 Å². The Bertz CT molecular complexity index is 1290. The average molecular weight is 522 g/mol. The Kier molecular flexibility index (Phi) is 7.34. The van der Waals surface area contributed by atoms with E-state index in [-0.39, 0.29) is 23.3 Å². The Morgan fingerprint density at radius 2 is 1.83 bits per heavy atom. The van der Waals surface area contributed by atoms with Gasteiger partial charge in [-0.3, -0.25) is 4.57 Å². The van der Waals surface area contributed by atoms with Crippen LogP contribution in [-0.2, 0) is 20.3 Å². The van der Waals surface area contributed by atoms with Crippen molar-refractivity contribution in [2.45, 2.75) is 56.6 Å². The number of methoxy groups -OCH3 is 2. The van der Waals surface area contributed by atoms with Crippen molar-refractivity contribution >= 4 is 21.4 Å². The number of halogens is 1. The summed E-state index contributed by atoms with van der Waals surface area (Å²) in [6, 6.07) is 0. The number of ether oxygens (including phenoxy) is 2. The van der Waals surface area contributed by atoms with E-state index >= 15 is 0 Å². The lowest BCUT2D eigenvalue weighted by Gasteiger charge is -2.32. The maximum Gasteiger partial charge on any atom is 0.241 e. The molecule has 13 heteroatoms.